The standard InChI is InChI=1S/C19H16N4O/c1-14-13-18(11-12-19(14)24)23-22-17-9-7-16(8-10-17)21-20-15-5-3-2-4-6-15/h2-13,22H,1H3/b21-20?,23-18+. The van der Waals surface area contributed by atoms with E-state index in [2.05, 4.69) is 20.8 Å². The van der Waals surface area contributed by atoms with Crippen LogP contribution in [0.15, 0.2) is 93.7 Å². The Bertz CT molecular complexity index is 847. The van der Waals surface area contributed by atoms with Crippen molar-refractivity contribution in [2.24, 2.45) is 15.3 Å². The lowest BCUT2D eigenvalue weighted by atomic mass is 10.1. The van der Waals surface area contributed by atoms with Gasteiger partial charge in [0.25, 0.3) is 0 Å². The fourth-order valence-electron chi connectivity index (χ4n) is 2.04. The highest BCUT2D eigenvalue weighted by Crippen LogP contribution is 2.20. The van der Waals surface area contributed by atoms with Gasteiger partial charge in [-0.3, -0.25) is 10.2 Å². The van der Waals surface area contributed by atoms with Crippen LogP contribution in [0.3, 0.4) is 0 Å². The number of benzene rings is 2. The Labute approximate surface area is 140 Å². The molecule has 0 atom stereocenters. The van der Waals surface area contributed by atoms with Gasteiger partial charge in [-0.25, -0.2) is 0 Å². The number of rotatable bonds is 4. The second-order valence-electron chi connectivity index (χ2n) is 5.26. The number of hydrogen-bond donors (Lipinski definition) is 1. The third kappa shape index (κ3) is 4.10. The number of azo groups is 1. The van der Waals surface area contributed by atoms with E-state index in [-0.39, 0.29) is 5.78 Å². The van der Waals surface area contributed by atoms with Crippen molar-refractivity contribution in [2.45, 2.75) is 6.92 Å². The Morgan fingerprint density at radius 2 is 1.50 bits per heavy atom. The van der Waals surface area contributed by atoms with Crippen molar-refractivity contribution in [2.75, 3.05) is 5.43 Å². The van der Waals surface area contributed by atoms with Crippen molar-refractivity contribution in [3.8, 4) is 0 Å². The van der Waals surface area contributed by atoms with Crippen molar-refractivity contribution in [3.63, 3.8) is 0 Å². The third-order valence-corrected chi connectivity index (χ3v) is 3.38. The van der Waals surface area contributed by atoms with Crippen LogP contribution in [0.5, 0.6) is 0 Å². The van der Waals surface area contributed by atoms with E-state index in [9.17, 15) is 4.79 Å². The predicted octanol–water partition coefficient (Wildman–Crippen LogP) is 4.96. The van der Waals surface area contributed by atoms with Gasteiger partial charge in [0.2, 0.25) is 0 Å². The van der Waals surface area contributed by atoms with Crippen molar-refractivity contribution < 1.29 is 4.79 Å². The lowest BCUT2D eigenvalue weighted by molar-refractivity contribution is -0.111. The highest BCUT2D eigenvalue weighted by atomic mass is 16.1. The molecule has 0 aliphatic heterocycles. The van der Waals surface area contributed by atoms with Gasteiger partial charge in [0.1, 0.15) is 0 Å². The number of anilines is 1. The molecule has 5 heteroatoms. The summed E-state index contributed by atoms with van der Waals surface area (Å²) in [7, 11) is 0. The predicted molar refractivity (Wildman–Crippen MR) is 96.0 cm³/mol. The van der Waals surface area contributed by atoms with Crippen LogP contribution in [0.2, 0.25) is 0 Å². The van der Waals surface area contributed by atoms with Crippen molar-refractivity contribution >= 4 is 28.6 Å². The number of allylic oxidation sites excluding steroid dienone is 4. The van der Waals surface area contributed by atoms with Crippen LogP contribution in [0, 0.1) is 0 Å². The molecule has 3 rings (SSSR count). The first-order chi connectivity index (χ1) is 11.7. The highest BCUT2D eigenvalue weighted by Gasteiger charge is 2.06. The van der Waals surface area contributed by atoms with Gasteiger partial charge in [0.15, 0.2) is 5.78 Å². The van der Waals surface area contributed by atoms with E-state index in [4.69, 9.17) is 0 Å². The van der Waals surface area contributed by atoms with E-state index >= 15 is 0 Å². The molecule has 5 nitrogen and oxygen atoms in total. The van der Waals surface area contributed by atoms with Crippen LogP contribution >= 0.6 is 0 Å². The molecule has 0 amide bonds. The molecule has 118 valence electrons. The maximum Gasteiger partial charge on any atom is 0.181 e. The summed E-state index contributed by atoms with van der Waals surface area (Å²) in [5, 5.41) is 12.6. The molecule has 0 fully saturated rings. The van der Waals surface area contributed by atoms with E-state index in [1.807, 2.05) is 54.6 Å². The van der Waals surface area contributed by atoms with Crippen LogP contribution in [0.4, 0.5) is 17.1 Å². The quantitative estimate of drug-likeness (QED) is 0.492. The van der Waals surface area contributed by atoms with Crippen LogP contribution in [0.25, 0.3) is 0 Å². The molecule has 0 radical (unpaired) electrons. The first-order valence-electron chi connectivity index (χ1n) is 7.52. The molecule has 0 bridgehead atoms. The Morgan fingerprint density at radius 1 is 0.833 bits per heavy atom. The summed E-state index contributed by atoms with van der Waals surface area (Å²) in [5.74, 6) is 0.0158. The second kappa shape index (κ2) is 7.28. The highest BCUT2D eigenvalue weighted by molar-refractivity contribution is 6.19. The Hall–Kier alpha value is -3.34. The van der Waals surface area contributed by atoms with Crippen molar-refractivity contribution in [3.05, 3.63) is 78.4 Å². The van der Waals surface area contributed by atoms with E-state index in [0.717, 1.165) is 17.1 Å². The molecule has 2 aromatic rings. The first-order valence-corrected chi connectivity index (χ1v) is 7.52. The average Bonchev–Trinajstić information content (AvgIpc) is 2.63. The van der Waals surface area contributed by atoms with Gasteiger partial charge in [-0.05, 0) is 67.1 Å². The van der Waals surface area contributed by atoms with Gasteiger partial charge < -0.3 is 0 Å². The summed E-state index contributed by atoms with van der Waals surface area (Å²) in [4.78, 5) is 11.4. The van der Waals surface area contributed by atoms with Crippen LogP contribution < -0.4 is 5.43 Å². The second-order valence-corrected chi connectivity index (χ2v) is 5.26. The van der Waals surface area contributed by atoms with E-state index in [0.29, 0.717) is 11.3 Å². The normalized spacial score (nSPS) is 15.8. The van der Waals surface area contributed by atoms with E-state index in [1.54, 1.807) is 19.1 Å². The summed E-state index contributed by atoms with van der Waals surface area (Å²) in [5.41, 5.74) is 6.75. The zero-order valence-electron chi connectivity index (χ0n) is 13.2. The minimum absolute atomic E-state index is 0.0158. The molecule has 0 aromatic heterocycles. The van der Waals surface area contributed by atoms with Gasteiger partial charge in [0.05, 0.1) is 22.8 Å². The molecular weight excluding hydrogens is 300 g/mol. The van der Waals surface area contributed by atoms with Crippen molar-refractivity contribution in [1.82, 2.24) is 0 Å². The summed E-state index contributed by atoms with van der Waals surface area (Å²) in [6.45, 7) is 1.77. The Kier molecular flexibility index (Phi) is 4.72. The van der Waals surface area contributed by atoms with Gasteiger partial charge >= 0.3 is 0 Å². The number of carbonyl (C=O) groups is 1. The smallest absolute Gasteiger partial charge is 0.181 e. The molecule has 0 heterocycles. The molecule has 0 unspecified atom stereocenters. The molecule has 24 heavy (non-hydrogen) atoms. The van der Waals surface area contributed by atoms with Gasteiger partial charge in [0, 0.05) is 0 Å². The molecule has 0 saturated carbocycles. The fraction of sp³-hybridized carbons (Fsp3) is 0.0526. The largest absolute Gasteiger partial charge is 0.290 e. The van der Waals surface area contributed by atoms with Crippen LogP contribution in [0.1, 0.15) is 6.92 Å². The molecule has 1 N–H and O–H groups in total. The lowest BCUT2D eigenvalue weighted by Crippen LogP contribution is -2.06. The number of nitrogens with zero attached hydrogens (tertiary/aromatic N) is 3. The number of ketones is 1. The van der Waals surface area contributed by atoms with Crippen LogP contribution in [-0.2, 0) is 4.79 Å². The minimum Gasteiger partial charge on any atom is -0.290 e. The molecule has 1 aliphatic rings. The minimum atomic E-state index is 0.0158. The lowest BCUT2D eigenvalue weighted by Gasteiger charge is -2.05. The Morgan fingerprint density at radius 3 is 2.17 bits per heavy atom. The number of hydrazone groups is 1. The number of hydrogen-bond acceptors (Lipinski definition) is 5. The SMILES string of the molecule is CC1=C/C(=N/Nc2ccc(N=Nc3ccccc3)cc2)C=CC1=O. The molecule has 0 spiro atoms. The summed E-state index contributed by atoms with van der Waals surface area (Å²) in [6, 6.07) is 17.0. The fourth-order valence-corrected chi connectivity index (χ4v) is 2.04. The molecule has 2 aromatic carbocycles. The summed E-state index contributed by atoms with van der Waals surface area (Å²) in [6.07, 6.45) is 4.95. The topological polar surface area (TPSA) is 66.2 Å². The monoisotopic (exact) mass is 316 g/mol. The van der Waals surface area contributed by atoms with E-state index < -0.39 is 0 Å². The van der Waals surface area contributed by atoms with Gasteiger partial charge in [-0.2, -0.15) is 15.3 Å². The maximum absolute atomic E-state index is 11.4. The maximum atomic E-state index is 11.4. The zero-order valence-corrected chi connectivity index (χ0v) is 13.2. The van der Waals surface area contributed by atoms with Crippen molar-refractivity contribution in [1.29, 1.82) is 0 Å². The Balaban J connectivity index is 1.64. The third-order valence-electron chi connectivity index (χ3n) is 3.38. The average molecular weight is 316 g/mol. The van der Waals surface area contributed by atoms with Crippen LogP contribution in [-0.4, -0.2) is 11.5 Å². The summed E-state index contributed by atoms with van der Waals surface area (Å²) >= 11 is 0. The molecule has 0 saturated heterocycles. The number of carbonyl (C=O) groups excluding carboxylic acids is 1. The van der Waals surface area contributed by atoms with Gasteiger partial charge in [-0.15, -0.1) is 0 Å². The van der Waals surface area contributed by atoms with E-state index in [1.165, 1.54) is 6.08 Å². The summed E-state index contributed by atoms with van der Waals surface area (Å²) < 4.78 is 0. The first kappa shape index (κ1) is 15.6. The number of nitrogens with one attached hydrogen (secondary N) is 1. The van der Waals surface area contributed by atoms with Gasteiger partial charge in [-0.1, -0.05) is 18.2 Å². The zero-order chi connectivity index (χ0) is 16.8. The molecular formula is C19H16N4O. The molecule has 1 aliphatic carbocycles.